The van der Waals surface area contributed by atoms with E-state index in [1.54, 1.807) is 18.5 Å². The van der Waals surface area contributed by atoms with E-state index in [1.807, 2.05) is 10.7 Å². The fourth-order valence-electron chi connectivity index (χ4n) is 5.31. The average molecular weight is 499 g/mol. The molecule has 2 aliphatic heterocycles. The highest BCUT2D eigenvalue weighted by Gasteiger charge is 2.33. The van der Waals surface area contributed by atoms with Crippen LogP contribution >= 0.6 is 11.6 Å². The monoisotopic (exact) mass is 498 g/mol. The van der Waals surface area contributed by atoms with E-state index in [2.05, 4.69) is 38.4 Å². The lowest BCUT2D eigenvalue weighted by Crippen LogP contribution is -2.56. The Balaban J connectivity index is 1.31. The summed E-state index contributed by atoms with van der Waals surface area (Å²) >= 11 is 5.94. The summed E-state index contributed by atoms with van der Waals surface area (Å²) in [6.45, 7) is 7.91. The molecule has 1 aromatic carbocycles. The maximum Gasteiger partial charge on any atom is 0.258 e. The quantitative estimate of drug-likeness (QED) is 0.416. The zero-order chi connectivity index (χ0) is 24.1. The van der Waals surface area contributed by atoms with E-state index in [-0.39, 0.29) is 24.0 Å². The van der Waals surface area contributed by atoms with Gasteiger partial charge in [0, 0.05) is 48.9 Å². The molecule has 0 N–H and O–H groups in total. The van der Waals surface area contributed by atoms with Crippen molar-refractivity contribution in [3.8, 4) is 0 Å². The number of imidazole rings is 1. The fraction of sp³-hybridized carbons (Fsp3) is 0.500. The van der Waals surface area contributed by atoms with Crippen LogP contribution in [0, 0.1) is 5.82 Å². The van der Waals surface area contributed by atoms with Gasteiger partial charge >= 0.3 is 0 Å². The normalized spacial score (nSPS) is 23.7. The summed E-state index contributed by atoms with van der Waals surface area (Å²) in [5.41, 5.74) is 2.41. The molecule has 2 aliphatic rings. The van der Waals surface area contributed by atoms with E-state index >= 15 is 0 Å². The first-order chi connectivity index (χ1) is 17.0. The van der Waals surface area contributed by atoms with Crippen LogP contribution in [0.3, 0.4) is 0 Å². The van der Waals surface area contributed by atoms with Gasteiger partial charge in [-0.1, -0.05) is 17.7 Å². The van der Waals surface area contributed by atoms with E-state index in [0.29, 0.717) is 22.9 Å². The minimum absolute atomic E-state index is 0.144. The second kappa shape index (κ2) is 9.00. The number of hydrogen-bond acceptors (Lipinski definition) is 7. The van der Waals surface area contributed by atoms with Crippen molar-refractivity contribution in [2.75, 3.05) is 24.6 Å². The maximum atomic E-state index is 14.4. The number of piperazine rings is 1. The molecular weight excluding hydrogens is 471 g/mol. The predicted molar refractivity (Wildman–Crippen MR) is 131 cm³/mol. The second-order valence-electron chi connectivity index (χ2n) is 9.66. The summed E-state index contributed by atoms with van der Waals surface area (Å²) in [7, 11) is 0. The Bertz CT molecular complexity index is 1370. The Kier molecular flexibility index (Phi) is 5.82. The van der Waals surface area contributed by atoms with E-state index in [9.17, 15) is 4.39 Å². The third-order valence-corrected chi connectivity index (χ3v) is 7.42. The Morgan fingerprint density at radius 1 is 1.17 bits per heavy atom. The Morgan fingerprint density at radius 2 is 2.06 bits per heavy atom. The molecule has 5 heterocycles. The standard InChI is InChI=1S/C24H28ClFN8O/c1-15-10-33(16(2)9-31(15)11-17-5-6-18(25)8-20(17)26)22-21-23(34-14-28-30-24(34)29-22)32(13-27-21)12-19-4-3-7-35-19/h5-6,8,13-16,19H,3-4,7,9-12H2,1-2H3/t15-,16+,19+/m1/s1. The van der Waals surface area contributed by atoms with Gasteiger partial charge in [-0.15, -0.1) is 10.2 Å². The molecule has 2 fully saturated rings. The van der Waals surface area contributed by atoms with Gasteiger partial charge < -0.3 is 14.2 Å². The van der Waals surface area contributed by atoms with Crippen LogP contribution in [0.5, 0.6) is 0 Å². The largest absolute Gasteiger partial charge is 0.376 e. The highest BCUT2D eigenvalue weighted by Crippen LogP contribution is 2.30. The highest BCUT2D eigenvalue weighted by molar-refractivity contribution is 6.30. The molecule has 0 amide bonds. The Labute approximate surface area is 207 Å². The van der Waals surface area contributed by atoms with Crippen LogP contribution in [0.1, 0.15) is 32.3 Å². The van der Waals surface area contributed by atoms with Crippen molar-refractivity contribution < 1.29 is 9.13 Å². The van der Waals surface area contributed by atoms with E-state index in [0.717, 1.165) is 56.1 Å². The Hall–Kier alpha value is -2.82. The molecule has 184 valence electrons. The third kappa shape index (κ3) is 4.13. The number of hydrogen-bond donors (Lipinski definition) is 0. The zero-order valence-electron chi connectivity index (χ0n) is 19.8. The number of halogens is 2. The van der Waals surface area contributed by atoms with Gasteiger partial charge in [0.2, 0.25) is 0 Å². The SMILES string of the molecule is C[C@@H]1CN(c2nc3nncn3c3c2ncn3C[C@@H]2CCCO2)[C@@H](C)CN1Cc1ccc(Cl)cc1F. The lowest BCUT2D eigenvalue weighted by atomic mass is 10.1. The first-order valence-electron chi connectivity index (χ1n) is 12.1. The molecule has 0 aliphatic carbocycles. The van der Waals surface area contributed by atoms with Crippen LogP contribution < -0.4 is 4.90 Å². The van der Waals surface area contributed by atoms with Gasteiger partial charge in [0.25, 0.3) is 5.78 Å². The molecule has 3 aromatic heterocycles. The van der Waals surface area contributed by atoms with Crippen LogP contribution in [-0.4, -0.2) is 71.9 Å². The molecule has 4 aromatic rings. The molecule has 9 nitrogen and oxygen atoms in total. The molecule has 2 saturated heterocycles. The van der Waals surface area contributed by atoms with Crippen molar-refractivity contribution in [2.24, 2.45) is 0 Å². The molecule has 0 bridgehead atoms. The van der Waals surface area contributed by atoms with E-state index < -0.39 is 0 Å². The van der Waals surface area contributed by atoms with E-state index in [4.69, 9.17) is 26.3 Å². The Morgan fingerprint density at radius 3 is 2.86 bits per heavy atom. The van der Waals surface area contributed by atoms with Crippen molar-refractivity contribution in [3.05, 3.63) is 47.3 Å². The van der Waals surface area contributed by atoms with E-state index in [1.165, 1.54) is 6.07 Å². The summed E-state index contributed by atoms with van der Waals surface area (Å²) in [4.78, 5) is 14.2. The van der Waals surface area contributed by atoms with Crippen LogP contribution in [0.15, 0.2) is 30.9 Å². The number of anilines is 1. The van der Waals surface area contributed by atoms with Gasteiger partial charge in [0.15, 0.2) is 11.5 Å². The zero-order valence-corrected chi connectivity index (χ0v) is 20.6. The predicted octanol–water partition coefficient (Wildman–Crippen LogP) is 3.54. The molecule has 0 radical (unpaired) electrons. The smallest absolute Gasteiger partial charge is 0.258 e. The van der Waals surface area contributed by atoms with Gasteiger partial charge in [0.1, 0.15) is 17.7 Å². The van der Waals surface area contributed by atoms with Gasteiger partial charge in [-0.2, -0.15) is 4.98 Å². The lowest BCUT2D eigenvalue weighted by molar-refractivity contribution is 0.0977. The molecule has 35 heavy (non-hydrogen) atoms. The van der Waals surface area contributed by atoms with Gasteiger partial charge in [-0.05, 0) is 38.8 Å². The second-order valence-corrected chi connectivity index (χ2v) is 10.1. The molecule has 6 rings (SSSR count). The number of aromatic nitrogens is 6. The first-order valence-corrected chi connectivity index (χ1v) is 12.5. The number of ether oxygens (including phenoxy) is 1. The fourth-order valence-corrected chi connectivity index (χ4v) is 5.47. The number of nitrogens with zero attached hydrogens (tertiary/aromatic N) is 8. The van der Waals surface area contributed by atoms with Crippen molar-refractivity contribution >= 4 is 34.4 Å². The van der Waals surface area contributed by atoms with Crippen LogP contribution in [0.2, 0.25) is 5.02 Å². The summed E-state index contributed by atoms with van der Waals surface area (Å²) in [6.07, 6.45) is 5.88. The van der Waals surface area contributed by atoms with Crippen molar-refractivity contribution in [3.63, 3.8) is 0 Å². The number of fused-ring (bicyclic) bond motifs is 3. The summed E-state index contributed by atoms with van der Waals surface area (Å²) in [5, 5.41) is 8.76. The van der Waals surface area contributed by atoms with Crippen molar-refractivity contribution in [1.29, 1.82) is 0 Å². The maximum absolute atomic E-state index is 14.4. The highest BCUT2D eigenvalue weighted by atomic mass is 35.5. The molecule has 3 atom stereocenters. The van der Waals surface area contributed by atoms with Crippen LogP contribution in [-0.2, 0) is 17.8 Å². The molecule has 0 unspecified atom stereocenters. The molecule has 11 heteroatoms. The minimum Gasteiger partial charge on any atom is -0.376 e. The molecular formula is C24H28ClFN8O. The summed E-state index contributed by atoms with van der Waals surface area (Å²) in [5.74, 6) is 1.09. The summed E-state index contributed by atoms with van der Waals surface area (Å²) in [6, 6.07) is 5.22. The summed E-state index contributed by atoms with van der Waals surface area (Å²) < 4.78 is 24.3. The van der Waals surface area contributed by atoms with Crippen LogP contribution in [0.25, 0.3) is 16.9 Å². The number of rotatable bonds is 5. The first kappa shape index (κ1) is 22.6. The van der Waals surface area contributed by atoms with Gasteiger partial charge in [-0.25, -0.2) is 13.8 Å². The van der Waals surface area contributed by atoms with Gasteiger partial charge in [0.05, 0.1) is 19.0 Å². The van der Waals surface area contributed by atoms with Crippen LogP contribution in [0.4, 0.5) is 10.2 Å². The van der Waals surface area contributed by atoms with Crippen molar-refractivity contribution in [2.45, 2.75) is 58.0 Å². The topological polar surface area (TPSA) is 76.6 Å². The third-order valence-electron chi connectivity index (χ3n) is 7.19. The average Bonchev–Trinajstić information content (AvgIpc) is 3.58. The number of benzene rings is 1. The molecule has 0 spiro atoms. The minimum atomic E-state index is -0.266. The lowest BCUT2D eigenvalue weighted by Gasteiger charge is -2.44. The van der Waals surface area contributed by atoms with Gasteiger partial charge in [-0.3, -0.25) is 4.90 Å². The molecule has 0 saturated carbocycles. The van der Waals surface area contributed by atoms with Crippen molar-refractivity contribution in [1.82, 2.24) is 34.0 Å².